The highest BCUT2D eigenvalue weighted by molar-refractivity contribution is 6.31. The quantitative estimate of drug-likeness (QED) is 0.0455. The molecule has 8 heterocycles. The summed E-state index contributed by atoms with van der Waals surface area (Å²) < 4.78 is 10.0. The maximum Gasteiger partial charge on any atom is 0.268 e. The van der Waals surface area contributed by atoms with Gasteiger partial charge in [0.05, 0.1) is 58.1 Å². The number of fused-ring (bicyclic) bond motifs is 5. The van der Waals surface area contributed by atoms with Gasteiger partial charge in [0.15, 0.2) is 5.82 Å². The fourth-order valence-electron chi connectivity index (χ4n) is 14.7. The molecule has 18 rings (SSSR count). The third-order valence-corrected chi connectivity index (χ3v) is 21.4. The average molecular weight is 1570 g/mol. The smallest absolute Gasteiger partial charge is 0.268 e. The number of halogens is 2. The van der Waals surface area contributed by atoms with E-state index in [1.165, 1.54) is 11.1 Å². The molecular weight excluding hydrogens is 1490 g/mol. The van der Waals surface area contributed by atoms with Gasteiger partial charge in [0.25, 0.3) is 29.5 Å². The Labute approximate surface area is 670 Å². The van der Waals surface area contributed by atoms with Gasteiger partial charge in [-0.2, -0.15) is 20.9 Å². The molecule has 5 amide bonds. The summed E-state index contributed by atoms with van der Waals surface area (Å²) in [6, 6.07) is 65.8. The fraction of sp³-hybridized carbons (Fsp3) is 0.227. The summed E-state index contributed by atoms with van der Waals surface area (Å²) in [4.78, 5) is 82.7. The van der Waals surface area contributed by atoms with Gasteiger partial charge in [0, 0.05) is 76.7 Å². The van der Waals surface area contributed by atoms with Crippen molar-refractivity contribution in [1.82, 2.24) is 77.0 Å². The third kappa shape index (κ3) is 17.9. The predicted octanol–water partition coefficient (Wildman–Crippen LogP) is 17.6. The first kappa shape index (κ1) is 77.9. The van der Waals surface area contributed by atoms with Crippen LogP contribution in [0.2, 0.25) is 10.0 Å². The van der Waals surface area contributed by atoms with Crippen LogP contribution in [-0.2, 0) is 16.6 Å². The average Bonchev–Trinajstić information content (AvgIpc) is 1.60. The maximum absolute atomic E-state index is 12.9. The summed E-state index contributed by atoms with van der Waals surface area (Å²) in [5, 5.41) is 62.8. The number of hydrogen-bond donors (Lipinski definition) is 11. The van der Waals surface area contributed by atoms with Crippen LogP contribution >= 0.6 is 23.2 Å². The highest BCUT2D eigenvalue weighted by atomic mass is 35.5. The summed E-state index contributed by atoms with van der Waals surface area (Å²) in [7, 11) is 0. The minimum Gasteiger partial charge on any atom is -0.361 e. The molecule has 2 atom stereocenters. The Morgan fingerprint density at radius 3 is 1.03 bits per heavy atom. The predicted molar refractivity (Wildman–Crippen MR) is 438 cm³/mol. The minimum atomic E-state index is -0.434. The number of hydrogen-bond acceptors (Lipinski definition) is 14. The first-order chi connectivity index (χ1) is 55.5. The lowest BCUT2D eigenvalue weighted by atomic mass is 9.88. The third-order valence-electron chi connectivity index (χ3n) is 20.9. The molecule has 3 saturated carbocycles. The number of aryl methyl sites for hydroxylation is 3. The number of rotatable bonds is 15. The van der Waals surface area contributed by atoms with Gasteiger partial charge in [-0.3, -0.25) is 29.1 Å². The molecule has 3 aliphatic carbocycles. The zero-order valence-electron chi connectivity index (χ0n) is 63.4. The van der Waals surface area contributed by atoms with Gasteiger partial charge in [0.2, 0.25) is 0 Å². The van der Waals surface area contributed by atoms with Crippen LogP contribution in [0, 0.1) is 54.8 Å². The molecule has 0 radical (unpaired) electrons. The minimum absolute atomic E-state index is 0.0968. The molecule has 2 unspecified atom stereocenters. The number of benzene rings is 7. The molecule has 8 aromatic heterocycles. The zero-order chi connectivity index (χ0) is 80.5. The molecule has 0 bridgehead atoms. The highest BCUT2D eigenvalue weighted by Gasteiger charge is 2.49. The van der Waals surface area contributed by atoms with E-state index in [1.54, 1.807) is 91.9 Å². The lowest BCUT2D eigenvalue weighted by molar-refractivity contribution is 0.0885. The van der Waals surface area contributed by atoms with Crippen LogP contribution in [0.25, 0.3) is 54.5 Å². The van der Waals surface area contributed by atoms with Crippen molar-refractivity contribution in [3.05, 3.63) is 295 Å². The number of aromatic amines is 6. The second-order valence-electron chi connectivity index (χ2n) is 29.2. The number of nitriles is 3. The van der Waals surface area contributed by atoms with E-state index in [2.05, 4.69) is 119 Å². The number of H-pyrrole nitrogens is 6. The number of amides is 5. The monoisotopic (exact) mass is 1570 g/mol. The summed E-state index contributed by atoms with van der Waals surface area (Å²) in [5.41, 5.74) is 11.3. The zero-order valence-corrected chi connectivity index (χ0v) is 65.0. The van der Waals surface area contributed by atoms with Crippen molar-refractivity contribution < 1.29 is 33.0 Å². The molecule has 3 fully saturated rings. The Morgan fingerprint density at radius 2 is 0.730 bits per heavy atom. The Kier molecular flexibility index (Phi) is 22.8. The first-order valence-electron chi connectivity index (χ1n) is 37.7. The second-order valence-corrected chi connectivity index (χ2v) is 30.1. The van der Waals surface area contributed by atoms with Gasteiger partial charge in [-0.05, 0) is 206 Å². The van der Waals surface area contributed by atoms with Crippen molar-refractivity contribution in [3.63, 3.8) is 0 Å². The summed E-state index contributed by atoms with van der Waals surface area (Å²) in [6.07, 6.45) is 10.0. The van der Waals surface area contributed by atoms with Crippen molar-refractivity contribution >= 4 is 107 Å². The summed E-state index contributed by atoms with van der Waals surface area (Å²) >= 11 is 11.9. The molecule has 578 valence electrons. The van der Waals surface area contributed by atoms with Crippen molar-refractivity contribution in [3.8, 4) is 18.2 Å². The molecular formula is C88H80Cl2N18O7. The van der Waals surface area contributed by atoms with Gasteiger partial charge >= 0.3 is 0 Å². The van der Waals surface area contributed by atoms with Gasteiger partial charge in [-0.25, -0.2) is 4.98 Å². The lowest BCUT2D eigenvalue weighted by Crippen LogP contribution is -2.43. The maximum atomic E-state index is 12.9. The van der Waals surface area contributed by atoms with Gasteiger partial charge in [-0.15, -0.1) is 0 Å². The Balaban J connectivity index is 0.000000119. The summed E-state index contributed by atoms with van der Waals surface area (Å²) in [6.45, 7) is 9.15. The van der Waals surface area contributed by atoms with E-state index in [0.29, 0.717) is 83.9 Å². The Morgan fingerprint density at radius 1 is 0.409 bits per heavy atom. The van der Waals surface area contributed by atoms with E-state index in [0.717, 1.165) is 125 Å². The fourth-order valence-corrected chi connectivity index (χ4v) is 15.0. The van der Waals surface area contributed by atoms with E-state index in [4.69, 9.17) is 48.0 Å². The van der Waals surface area contributed by atoms with Crippen molar-refractivity contribution in [2.24, 2.45) is 0 Å². The Bertz CT molecular complexity index is 6080. The van der Waals surface area contributed by atoms with E-state index in [-0.39, 0.29) is 52.7 Å². The van der Waals surface area contributed by atoms with Crippen molar-refractivity contribution in [2.75, 3.05) is 0 Å². The normalized spacial score (nSPS) is 14.5. The number of carbonyl (C=O) groups is 5. The topological polar surface area (TPSA) is 389 Å². The van der Waals surface area contributed by atoms with Crippen LogP contribution in [0.4, 0.5) is 0 Å². The molecule has 15 aromatic rings. The van der Waals surface area contributed by atoms with E-state index in [9.17, 15) is 24.0 Å². The number of nitrogens with zero attached hydrogens (tertiary/aromatic N) is 7. The van der Waals surface area contributed by atoms with Crippen LogP contribution in [-0.4, -0.2) is 80.0 Å². The van der Waals surface area contributed by atoms with Crippen LogP contribution in [0.15, 0.2) is 203 Å². The SMILES string of the molecule is Cc1cc(C(C)NC(=O)c2cc3cc(C#N)ccc3[nH]2)no1.Cc1cc(C(C)NC(=O)c2cc3cc(Cl)ccc3[nH]2)no1.Cc1nc(C2(NC(=O)c3cc4cc(Cl)ccc4[nH]3)CC2)n[nH]1.N#Cc1ccc2[nH]c(C(=O)NC3(c4ccccc4)CCCC3)cc2c1.N#Cc1ccc2[nH]c(C(=O)NC3(c4ccccc4)CCCC3)cc2c1. The molecule has 7 aromatic carbocycles. The van der Waals surface area contributed by atoms with Gasteiger partial charge in [-0.1, -0.05) is 120 Å². The van der Waals surface area contributed by atoms with Crippen LogP contribution in [0.3, 0.4) is 0 Å². The van der Waals surface area contributed by atoms with Crippen LogP contribution in [0.5, 0.6) is 0 Å². The van der Waals surface area contributed by atoms with Crippen molar-refractivity contribution in [2.45, 2.75) is 128 Å². The molecule has 115 heavy (non-hydrogen) atoms. The number of carbonyl (C=O) groups excluding carboxylic acids is 5. The molecule has 0 aliphatic heterocycles. The molecule has 0 saturated heterocycles. The van der Waals surface area contributed by atoms with Crippen molar-refractivity contribution in [1.29, 1.82) is 15.8 Å². The van der Waals surface area contributed by atoms with Crippen LogP contribution < -0.4 is 26.6 Å². The molecule has 25 nitrogen and oxygen atoms in total. The van der Waals surface area contributed by atoms with Crippen LogP contribution in [0.1, 0.15) is 205 Å². The van der Waals surface area contributed by atoms with Gasteiger partial charge in [0.1, 0.15) is 62.7 Å². The largest absolute Gasteiger partial charge is 0.361 e. The highest BCUT2D eigenvalue weighted by Crippen LogP contribution is 2.45. The van der Waals surface area contributed by atoms with Gasteiger partial charge < -0.3 is 60.6 Å². The molecule has 11 N–H and O–H groups in total. The van der Waals surface area contributed by atoms with E-state index >= 15 is 0 Å². The second kappa shape index (κ2) is 33.6. The molecule has 0 spiro atoms. The van der Waals surface area contributed by atoms with E-state index < -0.39 is 5.54 Å². The molecule has 27 heteroatoms. The first-order valence-corrected chi connectivity index (χ1v) is 38.4. The standard InChI is InChI=1S/2C21H19N3O.C16H14N4O2.C15H14ClN5O.C15H14ClN3O2/c2*22-14-15-8-9-18-16(12-15)13-19(23-18)20(25)24-21(10-4-5-11-21)17-6-2-1-3-7-17;1-9-5-14(20-22-9)10(2)18-16(21)15-7-12-6-11(8-17)3-4-13(12)19-15;1-8-17-14(21-20-8)15(4-5-15)19-13(22)12-7-9-6-10(16)2-3-11(9)18-12;1-8-5-13(19-21-8)9(2)17-15(20)14-7-10-6-11(16)3-4-12(10)18-14/h2*1-3,6-9,12-13,23H,4-5,10-11H2,(H,24,25);3-7,10,19H,1-2H3,(H,18,21);2-3,6-7,18H,4-5H2,1H3,(H,19,22)(H,17,20,21);3-7,9,18H,1-2H3,(H,17,20). The summed E-state index contributed by atoms with van der Waals surface area (Å²) in [5.74, 6) is 2.02. The van der Waals surface area contributed by atoms with E-state index in [1.807, 2.05) is 113 Å². The molecule has 3 aliphatic rings. The Hall–Kier alpha value is -13.8. The lowest BCUT2D eigenvalue weighted by Gasteiger charge is -2.31. The number of nitrogens with one attached hydrogen (secondary N) is 11. The number of aromatic nitrogens is 10.